The molecule has 2 N–H and O–H groups in total. The molecule has 2 aliphatic rings. The van der Waals surface area contributed by atoms with Gasteiger partial charge in [-0.15, -0.1) is 4.70 Å². The number of hydrogen-bond donors (Lipinski definition) is 2. The summed E-state index contributed by atoms with van der Waals surface area (Å²) in [6.45, 7) is 6.09. The van der Waals surface area contributed by atoms with E-state index in [9.17, 15) is 0 Å². The molecule has 2 aliphatic heterocycles. The minimum absolute atomic E-state index is 0. The van der Waals surface area contributed by atoms with E-state index in [0.717, 1.165) is 54.9 Å². The van der Waals surface area contributed by atoms with Crippen molar-refractivity contribution in [2.75, 3.05) is 62.9 Å². The van der Waals surface area contributed by atoms with Crippen LogP contribution in [0.15, 0.2) is 53.5 Å². The third-order valence-corrected chi connectivity index (χ3v) is 5.06. The van der Waals surface area contributed by atoms with Crippen LogP contribution >= 0.6 is 0 Å². The van der Waals surface area contributed by atoms with Gasteiger partial charge in [-0.25, -0.2) is 4.98 Å². The number of ether oxygens (including phenoxy) is 1. The summed E-state index contributed by atoms with van der Waals surface area (Å²) in [6.07, 6.45) is 3.69. The van der Waals surface area contributed by atoms with Crippen LogP contribution in [0.4, 0.5) is 22.9 Å². The summed E-state index contributed by atoms with van der Waals surface area (Å²) in [5.74, 6) is 2.32. The van der Waals surface area contributed by atoms with E-state index in [1.165, 1.54) is 5.69 Å². The SMILES string of the molecule is COc1cc(N2CCN(C)CC2)ccc1Nc1cc(NC2=C[CH][N+](C)=N2)ccn1.[HH].[HH]. The van der Waals surface area contributed by atoms with Crippen molar-refractivity contribution in [3.63, 3.8) is 0 Å². The van der Waals surface area contributed by atoms with E-state index in [1.54, 1.807) is 18.0 Å². The van der Waals surface area contributed by atoms with Crippen LogP contribution in [0.1, 0.15) is 2.85 Å². The van der Waals surface area contributed by atoms with Gasteiger partial charge in [0.15, 0.2) is 7.05 Å². The fourth-order valence-corrected chi connectivity index (χ4v) is 3.39. The number of rotatable bonds is 6. The van der Waals surface area contributed by atoms with Crippen molar-refractivity contribution in [1.29, 1.82) is 0 Å². The normalized spacial score (nSPS) is 17.0. The van der Waals surface area contributed by atoms with E-state index in [1.807, 2.05) is 37.9 Å². The summed E-state index contributed by atoms with van der Waals surface area (Å²) in [4.78, 5) is 9.17. The van der Waals surface area contributed by atoms with E-state index < -0.39 is 0 Å². The second-order valence-corrected chi connectivity index (χ2v) is 7.23. The molecule has 1 aromatic heterocycles. The molecule has 0 spiro atoms. The molecule has 3 heterocycles. The van der Waals surface area contributed by atoms with Crippen LogP contribution in [0.2, 0.25) is 0 Å². The summed E-state index contributed by atoms with van der Waals surface area (Å²) >= 11 is 0. The first kappa shape index (κ1) is 19.2. The molecule has 2 aromatic rings. The van der Waals surface area contributed by atoms with Crippen molar-refractivity contribution < 1.29 is 12.3 Å². The van der Waals surface area contributed by atoms with Crippen LogP contribution < -0.4 is 20.3 Å². The summed E-state index contributed by atoms with van der Waals surface area (Å²) in [5.41, 5.74) is 2.97. The van der Waals surface area contributed by atoms with Crippen molar-refractivity contribution in [2.45, 2.75) is 0 Å². The van der Waals surface area contributed by atoms with Crippen LogP contribution in [-0.2, 0) is 0 Å². The summed E-state index contributed by atoms with van der Waals surface area (Å²) in [7, 11) is 5.75. The molecule has 155 valence electrons. The molecule has 1 radical (unpaired) electrons. The van der Waals surface area contributed by atoms with Gasteiger partial charge in [0.1, 0.15) is 11.6 Å². The van der Waals surface area contributed by atoms with Crippen molar-refractivity contribution in [3.05, 3.63) is 55.0 Å². The number of piperazine rings is 1. The van der Waals surface area contributed by atoms with Gasteiger partial charge < -0.3 is 25.2 Å². The molecule has 4 rings (SSSR count). The number of hydrogen-bond acceptors (Lipinski definition) is 7. The molecular formula is C21H31N7O+. The Kier molecular flexibility index (Phi) is 5.62. The van der Waals surface area contributed by atoms with E-state index in [0.29, 0.717) is 0 Å². The lowest BCUT2D eigenvalue weighted by atomic mass is 10.2. The maximum absolute atomic E-state index is 5.64. The summed E-state index contributed by atoms with van der Waals surface area (Å²) < 4.78 is 7.40. The van der Waals surface area contributed by atoms with Crippen LogP contribution in [0.5, 0.6) is 5.75 Å². The highest BCUT2D eigenvalue weighted by Gasteiger charge is 2.16. The van der Waals surface area contributed by atoms with Crippen LogP contribution in [0.25, 0.3) is 0 Å². The summed E-state index contributed by atoms with van der Waals surface area (Å²) in [6, 6.07) is 10.1. The highest BCUT2D eigenvalue weighted by molar-refractivity contribution is 5.70. The quantitative estimate of drug-likeness (QED) is 0.726. The Morgan fingerprint density at radius 1 is 1.10 bits per heavy atom. The van der Waals surface area contributed by atoms with Gasteiger partial charge in [-0.2, -0.15) is 0 Å². The number of nitrogens with zero attached hydrogens (tertiary/aromatic N) is 5. The van der Waals surface area contributed by atoms with Crippen LogP contribution in [0.3, 0.4) is 0 Å². The largest absolute Gasteiger partial charge is 0.494 e. The van der Waals surface area contributed by atoms with E-state index >= 15 is 0 Å². The van der Waals surface area contributed by atoms with Gasteiger partial charge in [0.05, 0.1) is 12.8 Å². The lowest BCUT2D eigenvalue weighted by Crippen LogP contribution is -2.44. The number of azo groups is 2. The Balaban J connectivity index is 0.00000171. The molecule has 29 heavy (non-hydrogen) atoms. The highest BCUT2D eigenvalue weighted by Crippen LogP contribution is 2.32. The predicted molar refractivity (Wildman–Crippen MR) is 119 cm³/mol. The molecule has 0 bridgehead atoms. The number of pyridine rings is 1. The minimum atomic E-state index is 0. The zero-order chi connectivity index (χ0) is 20.2. The van der Waals surface area contributed by atoms with Gasteiger partial charge >= 0.3 is 0 Å². The molecule has 0 amide bonds. The monoisotopic (exact) mass is 397 g/mol. The third-order valence-electron chi connectivity index (χ3n) is 5.06. The molecule has 0 atom stereocenters. The molecule has 1 aromatic carbocycles. The van der Waals surface area contributed by atoms with Crippen molar-refractivity contribution in [2.24, 2.45) is 5.11 Å². The van der Waals surface area contributed by atoms with Gasteiger partial charge in [0, 0.05) is 69.9 Å². The Hall–Kier alpha value is -3.13. The Morgan fingerprint density at radius 3 is 2.66 bits per heavy atom. The first-order valence-corrected chi connectivity index (χ1v) is 9.72. The fourth-order valence-electron chi connectivity index (χ4n) is 3.39. The average Bonchev–Trinajstić information content (AvgIpc) is 3.14. The van der Waals surface area contributed by atoms with Crippen molar-refractivity contribution in [1.82, 2.24) is 9.88 Å². The predicted octanol–water partition coefficient (Wildman–Crippen LogP) is 3.60. The van der Waals surface area contributed by atoms with Gasteiger partial charge in [0.25, 0.3) is 6.54 Å². The van der Waals surface area contributed by atoms with Crippen molar-refractivity contribution in [3.8, 4) is 5.75 Å². The van der Waals surface area contributed by atoms with Crippen LogP contribution in [0, 0.1) is 6.54 Å². The third kappa shape index (κ3) is 4.65. The molecular weight excluding hydrogens is 366 g/mol. The van der Waals surface area contributed by atoms with E-state index in [4.69, 9.17) is 4.74 Å². The standard InChI is InChI=1S/C21H27N7O.2H2/c1-26-10-12-28(13-11-26)17-4-5-18(19(15-17)29-3)24-21-14-16(6-8-22-21)23-20-7-9-27(2)25-20;;/h4-9,14-15H,10-13H2,1-3H3,(H2,22,23,24);2*1H/q+1;;. The Bertz CT molecular complexity index is 943. The van der Waals surface area contributed by atoms with Gasteiger partial charge in [-0.1, -0.05) is 0 Å². The molecule has 0 aliphatic carbocycles. The van der Waals surface area contributed by atoms with Crippen LogP contribution in [-0.4, -0.2) is 62.0 Å². The smallest absolute Gasteiger partial charge is 0.267 e. The molecule has 1 fully saturated rings. The second kappa shape index (κ2) is 8.48. The molecule has 8 heteroatoms. The number of likely N-dealkylation sites (N-methyl/N-ethyl adjacent to an activating group) is 2. The zero-order valence-electron chi connectivity index (χ0n) is 17.1. The summed E-state index contributed by atoms with van der Waals surface area (Å²) in [5, 5.41) is 11.0. The average molecular weight is 398 g/mol. The van der Waals surface area contributed by atoms with E-state index in [2.05, 4.69) is 49.7 Å². The molecule has 0 saturated carbocycles. The zero-order valence-corrected chi connectivity index (χ0v) is 17.1. The Labute approximate surface area is 174 Å². The maximum atomic E-state index is 5.64. The minimum Gasteiger partial charge on any atom is -0.494 e. The van der Waals surface area contributed by atoms with Gasteiger partial charge in [-0.3, -0.25) is 0 Å². The number of anilines is 4. The lowest BCUT2D eigenvalue weighted by Gasteiger charge is -2.34. The molecule has 8 nitrogen and oxygen atoms in total. The lowest BCUT2D eigenvalue weighted by molar-refractivity contribution is -0.512. The highest BCUT2D eigenvalue weighted by atomic mass is 16.5. The number of nitrogens with one attached hydrogen (secondary N) is 2. The van der Waals surface area contributed by atoms with Gasteiger partial charge in [-0.05, 0) is 25.2 Å². The second-order valence-electron chi connectivity index (χ2n) is 7.23. The number of benzene rings is 1. The topological polar surface area (TPSA) is 68.0 Å². The first-order chi connectivity index (χ1) is 14.1. The molecule has 1 saturated heterocycles. The molecule has 0 unspecified atom stereocenters. The Morgan fingerprint density at radius 2 is 1.93 bits per heavy atom. The fraction of sp³-hybridized carbons (Fsp3) is 0.333. The van der Waals surface area contributed by atoms with E-state index in [-0.39, 0.29) is 2.85 Å². The first-order valence-electron chi connectivity index (χ1n) is 9.72. The number of methoxy groups -OCH3 is 1. The maximum Gasteiger partial charge on any atom is 0.267 e. The van der Waals surface area contributed by atoms with Crippen molar-refractivity contribution >= 4 is 22.9 Å². The van der Waals surface area contributed by atoms with Gasteiger partial charge in [0.2, 0.25) is 5.82 Å². The number of aromatic nitrogens is 1.